The molecule has 0 amide bonds. The monoisotopic (exact) mass is 304 g/mol. The molecule has 21 heavy (non-hydrogen) atoms. The zero-order chi connectivity index (χ0) is 16.6. The highest BCUT2D eigenvalue weighted by Crippen LogP contribution is 2.46. The molecule has 1 unspecified atom stereocenters. The van der Waals surface area contributed by atoms with Crippen molar-refractivity contribution in [3.63, 3.8) is 0 Å². The molecule has 4 heteroatoms. The Morgan fingerprint density at radius 1 is 0.905 bits per heavy atom. The van der Waals surface area contributed by atoms with Gasteiger partial charge >= 0.3 is 0 Å². The lowest BCUT2D eigenvalue weighted by atomic mass is 9.67. The second-order valence-electron chi connectivity index (χ2n) is 7.52. The molecule has 0 aromatic heterocycles. The van der Waals surface area contributed by atoms with Crippen LogP contribution in [-0.4, -0.2) is 0 Å². The van der Waals surface area contributed by atoms with Crippen LogP contribution in [0.5, 0.6) is 0 Å². The minimum atomic E-state index is -1.60. The molecular weight excluding hydrogens is 280 g/mol. The third kappa shape index (κ3) is 3.98. The van der Waals surface area contributed by atoms with E-state index in [0.29, 0.717) is 12.5 Å². The molecular formula is C17H24F4. The minimum Gasteiger partial charge on any atom is -0.206 e. The number of rotatable bonds is 4. The lowest BCUT2D eigenvalue weighted by Gasteiger charge is -2.37. The van der Waals surface area contributed by atoms with Crippen LogP contribution in [0.15, 0.2) is 6.07 Å². The Kier molecular flexibility index (Phi) is 5.12. The zero-order valence-corrected chi connectivity index (χ0v) is 13.6. The third-order valence-electron chi connectivity index (χ3n) is 4.26. The van der Waals surface area contributed by atoms with Gasteiger partial charge in [0.05, 0.1) is 0 Å². The first-order chi connectivity index (χ1) is 9.40. The number of benzene rings is 1. The second kappa shape index (κ2) is 5.98. The maximum atomic E-state index is 14.1. The normalized spacial score (nSPS) is 14.4. The molecule has 0 aliphatic heterocycles. The predicted molar refractivity (Wildman–Crippen MR) is 77.2 cm³/mol. The lowest BCUT2D eigenvalue weighted by molar-refractivity contribution is 0.200. The van der Waals surface area contributed by atoms with Crippen molar-refractivity contribution in [3.8, 4) is 0 Å². The van der Waals surface area contributed by atoms with Crippen LogP contribution in [0.4, 0.5) is 17.6 Å². The van der Waals surface area contributed by atoms with E-state index in [-0.39, 0.29) is 11.0 Å². The molecule has 0 heterocycles. The summed E-state index contributed by atoms with van der Waals surface area (Å²) in [7, 11) is 0. The average Bonchev–Trinajstić information content (AvgIpc) is 2.34. The van der Waals surface area contributed by atoms with Crippen LogP contribution in [0.25, 0.3) is 0 Å². The van der Waals surface area contributed by atoms with Crippen molar-refractivity contribution in [2.24, 2.45) is 10.8 Å². The van der Waals surface area contributed by atoms with Crippen molar-refractivity contribution in [3.05, 3.63) is 34.9 Å². The molecule has 1 atom stereocenters. The van der Waals surface area contributed by atoms with Gasteiger partial charge in [0.2, 0.25) is 0 Å². The van der Waals surface area contributed by atoms with Crippen LogP contribution in [0.2, 0.25) is 0 Å². The van der Waals surface area contributed by atoms with Gasteiger partial charge in [0, 0.05) is 11.6 Å². The van der Waals surface area contributed by atoms with E-state index < -0.39 is 34.6 Å². The van der Waals surface area contributed by atoms with Crippen molar-refractivity contribution in [1.29, 1.82) is 0 Å². The van der Waals surface area contributed by atoms with E-state index in [4.69, 9.17) is 0 Å². The molecule has 0 radical (unpaired) electrons. The average molecular weight is 304 g/mol. The van der Waals surface area contributed by atoms with Gasteiger partial charge in [0.15, 0.2) is 17.5 Å². The Morgan fingerprint density at radius 2 is 1.43 bits per heavy atom. The molecule has 1 rings (SSSR count). The Balaban J connectivity index is 3.45. The standard InChI is InChI=1S/C17H24F4/c1-7-17(5,6)9-10(16(2,3)4)13-11(18)8-12(19)14(20)15(13)21/h8,10H,7,9H2,1-6H3. The third-order valence-corrected chi connectivity index (χ3v) is 4.26. The summed E-state index contributed by atoms with van der Waals surface area (Å²) in [5.74, 6) is -6.05. The lowest BCUT2D eigenvalue weighted by Crippen LogP contribution is -2.27. The first-order valence-electron chi connectivity index (χ1n) is 7.23. The molecule has 0 spiro atoms. The highest BCUT2D eigenvalue weighted by Gasteiger charge is 2.36. The van der Waals surface area contributed by atoms with Gasteiger partial charge in [-0.25, -0.2) is 17.6 Å². The van der Waals surface area contributed by atoms with E-state index in [1.54, 1.807) is 0 Å². The van der Waals surface area contributed by atoms with Gasteiger partial charge in [-0.2, -0.15) is 0 Å². The fraction of sp³-hybridized carbons (Fsp3) is 0.647. The van der Waals surface area contributed by atoms with Crippen molar-refractivity contribution in [2.75, 3.05) is 0 Å². The molecule has 120 valence electrons. The fourth-order valence-electron chi connectivity index (χ4n) is 2.44. The second-order valence-corrected chi connectivity index (χ2v) is 7.52. The van der Waals surface area contributed by atoms with Crippen LogP contribution >= 0.6 is 0 Å². The summed E-state index contributed by atoms with van der Waals surface area (Å²) in [5, 5.41) is 0. The summed E-state index contributed by atoms with van der Waals surface area (Å²) >= 11 is 0. The predicted octanol–water partition coefficient (Wildman–Crippen LogP) is 6.20. The maximum absolute atomic E-state index is 14.1. The highest BCUT2D eigenvalue weighted by atomic mass is 19.2. The first kappa shape index (κ1) is 18.0. The molecule has 0 nitrogen and oxygen atoms in total. The van der Waals surface area contributed by atoms with Crippen LogP contribution in [0, 0.1) is 34.1 Å². The Morgan fingerprint density at radius 3 is 1.86 bits per heavy atom. The van der Waals surface area contributed by atoms with E-state index in [1.807, 2.05) is 41.5 Å². The molecule has 0 aliphatic rings. The maximum Gasteiger partial charge on any atom is 0.194 e. The summed E-state index contributed by atoms with van der Waals surface area (Å²) in [6.45, 7) is 11.6. The van der Waals surface area contributed by atoms with Gasteiger partial charge in [-0.3, -0.25) is 0 Å². The molecule has 1 aromatic rings. The van der Waals surface area contributed by atoms with E-state index in [0.717, 1.165) is 6.42 Å². The van der Waals surface area contributed by atoms with Crippen molar-refractivity contribution < 1.29 is 17.6 Å². The summed E-state index contributed by atoms with van der Waals surface area (Å²) in [5.41, 5.74) is -0.969. The molecule has 0 fully saturated rings. The first-order valence-corrected chi connectivity index (χ1v) is 7.23. The smallest absolute Gasteiger partial charge is 0.194 e. The fourth-order valence-corrected chi connectivity index (χ4v) is 2.44. The number of hydrogen-bond acceptors (Lipinski definition) is 0. The Labute approximate surface area is 124 Å². The van der Waals surface area contributed by atoms with Gasteiger partial charge in [0.25, 0.3) is 0 Å². The van der Waals surface area contributed by atoms with Crippen LogP contribution < -0.4 is 0 Å². The number of halogens is 4. The van der Waals surface area contributed by atoms with Crippen LogP contribution in [0.1, 0.15) is 65.9 Å². The van der Waals surface area contributed by atoms with Crippen molar-refractivity contribution in [1.82, 2.24) is 0 Å². The van der Waals surface area contributed by atoms with Gasteiger partial charge < -0.3 is 0 Å². The van der Waals surface area contributed by atoms with Gasteiger partial charge in [-0.15, -0.1) is 0 Å². The highest BCUT2D eigenvalue weighted by molar-refractivity contribution is 5.28. The largest absolute Gasteiger partial charge is 0.206 e. The van der Waals surface area contributed by atoms with E-state index >= 15 is 0 Å². The van der Waals surface area contributed by atoms with E-state index in [1.165, 1.54) is 0 Å². The molecule has 1 aromatic carbocycles. The molecule has 0 bridgehead atoms. The van der Waals surface area contributed by atoms with E-state index in [2.05, 4.69) is 0 Å². The molecule has 0 aliphatic carbocycles. The van der Waals surface area contributed by atoms with Gasteiger partial charge in [0.1, 0.15) is 5.82 Å². The van der Waals surface area contributed by atoms with Gasteiger partial charge in [-0.05, 0) is 23.2 Å². The summed E-state index contributed by atoms with van der Waals surface area (Å²) in [6.07, 6.45) is 1.32. The molecule has 0 N–H and O–H groups in total. The Bertz CT molecular complexity index is 513. The molecule has 0 saturated carbocycles. The summed E-state index contributed by atoms with van der Waals surface area (Å²) in [4.78, 5) is 0. The van der Waals surface area contributed by atoms with Gasteiger partial charge in [-0.1, -0.05) is 48.0 Å². The molecule has 0 saturated heterocycles. The van der Waals surface area contributed by atoms with Crippen LogP contribution in [-0.2, 0) is 0 Å². The summed E-state index contributed by atoms with van der Waals surface area (Å²) < 4.78 is 54.9. The number of hydrogen-bond donors (Lipinski definition) is 0. The SMILES string of the molecule is CCC(C)(C)CC(c1c(F)cc(F)c(F)c1F)C(C)(C)C. The Hall–Kier alpha value is -1.06. The topological polar surface area (TPSA) is 0 Å². The zero-order valence-electron chi connectivity index (χ0n) is 13.6. The van der Waals surface area contributed by atoms with E-state index in [9.17, 15) is 17.6 Å². The minimum absolute atomic E-state index is 0.151. The van der Waals surface area contributed by atoms with Crippen LogP contribution in [0.3, 0.4) is 0 Å². The van der Waals surface area contributed by atoms with Crippen molar-refractivity contribution in [2.45, 2.75) is 60.3 Å². The summed E-state index contributed by atoms with van der Waals surface area (Å²) in [6, 6.07) is 0.436. The quantitative estimate of drug-likeness (QED) is 0.353. The van der Waals surface area contributed by atoms with Crippen molar-refractivity contribution >= 4 is 0 Å².